The van der Waals surface area contributed by atoms with Crippen LogP contribution in [0.2, 0.25) is 0 Å². The van der Waals surface area contributed by atoms with E-state index in [1.807, 2.05) is 4.90 Å². The van der Waals surface area contributed by atoms with Crippen molar-refractivity contribution >= 4 is 21.5 Å². The first-order valence-electron chi connectivity index (χ1n) is 11.8. The number of H-pyrrole nitrogens is 1. The molecule has 1 spiro atoms. The maximum atomic E-state index is 14.3. The van der Waals surface area contributed by atoms with Gasteiger partial charge in [0.1, 0.15) is 5.69 Å². The van der Waals surface area contributed by atoms with Crippen molar-refractivity contribution in [1.82, 2.24) is 25.4 Å². The fourth-order valence-corrected chi connectivity index (χ4v) is 6.70. The quantitative estimate of drug-likeness (QED) is 0.571. The van der Waals surface area contributed by atoms with Gasteiger partial charge in [-0.15, -0.1) is 0 Å². The average Bonchev–Trinajstić information content (AvgIpc) is 3.41. The summed E-state index contributed by atoms with van der Waals surface area (Å²) in [6, 6.07) is 2.93. The lowest BCUT2D eigenvalue weighted by Crippen LogP contribution is -2.52. The van der Waals surface area contributed by atoms with Gasteiger partial charge in [0.05, 0.1) is 19.0 Å². The van der Waals surface area contributed by atoms with E-state index in [2.05, 4.69) is 20.5 Å². The SMILES string of the molecule is COc1cc(-c2cc(C(=O)N3CC[C@H](C(=O)NC4CCS(=N)(=O)CC4)CC34CC4)[nH]n2)c(F)cn1. The summed E-state index contributed by atoms with van der Waals surface area (Å²) in [7, 11) is -1.05. The van der Waals surface area contributed by atoms with Crippen molar-refractivity contribution in [1.29, 1.82) is 4.78 Å². The summed E-state index contributed by atoms with van der Waals surface area (Å²) in [5.41, 5.74) is 0.406. The normalized spacial score (nSPS) is 27.4. The summed E-state index contributed by atoms with van der Waals surface area (Å²) in [6.45, 7) is 0.452. The third-order valence-electron chi connectivity index (χ3n) is 7.41. The highest BCUT2D eigenvalue weighted by atomic mass is 32.2. The Kier molecular flexibility index (Phi) is 6.02. The molecule has 3 fully saturated rings. The van der Waals surface area contributed by atoms with E-state index in [0.29, 0.717) is 43.7 Å². The van der Waals surface area contributed by atoms with Crippen molar-refractivity contribution in [3.63, 3.8) is 0 Å². The Morgan fingerprint density at radius 1 is 1.29 bits per heavy atom. The molecule has 3 aliphatic rings. The Hall–Kier alpha value is -3.02. The fourth-order valence-electron chi connectivity index (χ4n) is 5.17. The lowest BCUT2D eigenvalue weighted by atomic mass is 9.87. The summed E-state index contributed by atoms with van der Waals surface area (Å²) < 4.78 is 38.9. The van der Waals surface area contributed by atoms with Crippen LogP contribution in [0, 0.1) is 16.5 Å². The molecule has 4 heterocycles. The maximum absolute atomic E-state index is 14.3. The van der Waals surface area contributed by atoms with Crippen molar-refractivity contribution in [2.75, 3.05) is 25.2 Å². The summed E-state index contributed by atoms with van der Waals surface area (Å²) >= 11 is 0. The van der Waals surface area contributed by atoms with Gasteiger partial charge in [0.25, 0.3) is 5.91 Å². The molecule has 1 saturated carbocycles. The Morgan fingerprint density at radius 3 is 2.71 bits per heavy atom. The molecule has 10 nitrogen and oxygen atoms in total. The molecular formula is C23H29FN6O4S. The summed E-state index contributed by atoms with van der Waals surface area (Å²) in [5, 5.41) is 9.96. The molecule has 5 rings (SSSR count). The Labute approximate surface area is 203 Å². The number of aromatic amines is 1. The number of halogens is 1. The van der Waals surface area contributed by atoms with Gasteiger partial charge in [-0.25, -0.2) is 13.6 Å². The summed E-state index contributed by atoms with van der Waals surface area (Å²) in [6.07, 6.45) is 5.03. The fraction of sp³-hybridized carbons (Fsp3) is 0.565. The van der Waals surface area contributed by atoms with Crippen molar-refractivity contribution in [2.24, 2.45) is 5.92 Å². The molecule has 0 aromatic carbocycles. The third-order valence-corrected chi connectivity index (χ3v) is 9.20. The van der Waals surface area contributed by atoms with Crippen molar-refractivity contribution in [3.05, 3.63) is 29.8 Å². The first kappa shape index (κ1) is 23.7. The van der Waals surface area contributed by atoms with Crippen LogP contribution in [0.15, 0.2) is 18.3 Å². The molecule has 1 aliphatic carbocycles. The Bertz CT molecular complexity index is 1240. The zero-order valence-electron chi connectivity index (χ0n) is 19.5. The monoisotopic (exact) mass is 504 g/mol. The molecule has 3 N–H and O–H groups in total. The zero-order chi connectivity index (χ0) is 24.8. The number of rotatable bonds is 5. The summed E-state index contributed by atoms with van der Waals surface area (Å²) in [5.74, 6) is -0.0638. The average molecular weight is 505 g/mol. The predicted octanol–water partition coefficient (Wildman–Crippen LogP) is 2.33. The van der Waals surface area contributed by atoms with Crippen LogP contribution in [-0.2, 0) is 14.5 Å². The van der Waals surface area contributed by atoms with Crippen LogP contribution < -0.4 is 10.1 Å². The number of nitrogens with one attached hydrogen (secondary N) is 3. The van der Waals surface area contributed by atoms with E-state index in [1.165, 1.54) is 19.2 Å². The number of likely N-dealkylation sites (tertiary alicyclic amines) is 1. The number of aromatic nitrogens is 3. The van der Waals surface area contributed by atoms with Crippen LogP contribution in [0.5, 0.6) is 5.88 Å². The Morgan fingerprint density at radius 2 is 2.03 bits per heavy atom. The highest BCUT2D eigenvalue weighted by molar-refractivity contribution is 7.92. The van der Waals surface area contributed by atoms with Gasteiger partial charge in [0.2, 0.25) is 11.8 Å². The Balaban J connectivity index is 1.24. The van der Waals surface area contributed by atoms with Gasteiger partial charge in [-0.2, -0.15) is 5.10 Å². The van der Waals surface area contributed by atoms with E-state index < -0.39 is 15.5 Å². The van der Waals surface area contributed by atoms with E-state index in [-0.39, 0.29) is 52.1 Å². The minimum absolute atomic E-state index is 0.0160. The molecule has 2 aromatic heterocycles. The predicted molar refractivity (Wildman–Crippen MR) is 126 cm³/mol. The van der Waals surface area contributed by atoms with Gasteiger partial charge >= 0.3 is 0 Å². The minimum Gasteiger partial charge on any atom is -0.481 e. The van der Waals surface area contributed by atoms with Crippen LogP contribution in [-0.4, -0.2) is 72.8 Å². The maximum Gasteiger partial charge on any atom is 0.272 e. The molecule has 12 heteroatoms. The third kappa shape index (κ3) is 4.75. The number of carbonyl (C=O) groups excluding carboxylic acids is 2. The van der Waals surface area contributed by atoms with Crippen molar-refractivity contribution in [2.45, 2.75) is 50.1 Å². The number of ether oxygens (including phenoxy) is 1. The number of hydrogen-bond donors (Lipinski definition) is 3. The molecule has 2 amide bonds. The molecule has 188 valence electrons. The molecule has 2 aliphatic heterocycles. The second-order valence-corrected chi connectivity index (χ2v) is 12.2. The smallest absolute Gasteiger partial charge is 0.272 e. The lowest BCUT2D eigenvalue weighted by Gasteiger charge is -2.40. The minimum atomic E-state index is -2.48. The molecular weight excluding hydrogens is 475 g/mol. The molecule has 35 heavy (non-hydrogen) atoms. The molecule has 0 unspecified atom stereocenters. The number of piperidine rings is 1. The summed E-state index contributed by atoms with van der Waals surface area (Å²) in [4.78, 5) is 31.9. The van der Waals surface area contributed by atoms with Gasteiger partial charge in [0, 0.05) is 56.9 Å². The van der Waals surface area contributed by atoms with E-state index in [1.54, 1.807) is 0 Å². The number of amides is 2. The number of nitrogens with zero attached hydrogens (tertiary/aromatic N) is 3. The number of pyridine rings is 1. The molecule has 2 aromatic rings. The zero-order valence-corrected chi connectivity index (χ0v) is 20.3. The number of methoxy groups -OCH3 is 1. The molecule has 0 radical (unpaired) electrons. The first-order valence-corrected chi connectivity index (χ1v) is 13.7. The van der Waals surface area contributed by atoms with Crippen LogP contribution in [0.1, 0.15) is 49.0 Å². The topological polar surface area (TPSA) is 141 Å². The van der Waals surface area contributed by atoms with Crippen LogP contribution in [0.25, 0.3) is 11.3 Å². The van der Waals surface area contributed by atoms with Gasteiger partial charge in [0.15, 0.2) is 5.82 Å². The largest absolute Gasteiger partial charge is 0.481 e. The highest BCUT2D eigenvalue weighted by Crippen LogP contribution is 2.50. The van der Waals surface area contributed by atoms with Crippen LogP contribution in [0.4, 0.5) is 4.39 Å². The molecule has 2 saturated heterocycles. The van der Waals surface area contributed by atoms with Gasteiger partial charge in [-0.05, 0) is 44.6 Å². The lowest BCUT2D eigenvalue weighted by molar-refractivity contribution is -0.128. The molecule has 0 bridgehead atoms. The molecule has 1 atom stereocenters. The second-order valence-electron chi connectivity index (χ2n) is 9.75. The van der Waals surface area contributed by atoms with Gasteiger partial charge in [-0.3, -0.25) is 19.5 Å². The van der Waals surface area contributed by atoms with Crippen LogP contribution >= 0.6 is 0 Å². The van der Waals surface area contributed by atoms with Gasteiger partial charge < -0.3 is 15.0 Å². The van der Waals surface area contributed by atoms with Gasteiger partial charge in [-0.1, -0.05) is 0 Å². The van der Waals surface area contributed by atoms with Crippen molar-refractivity contribution in [3.8, 4) is 17.1 Å². The second kappa shape index (κ2) is 8.89. The van der Waals surface area contributed by atoms with E-state index in [9.17, 15) is 18.2 Å². The van der Waals surface area contributed by atoms with E-state index >= 15 is 0 Å². The number of hydrogen-bond acceptors (Lipinski definition) is 7. The van der Waals surface area contributed by atoms with Crippen molar-refractivity contribution < 1.29 is 22.9 Å². The first-order chi connectivity index (χ1) is 16.7. The number of carbonyl (C=O) groups is 2. The highest BCUT2D eigenvalue weighted by Gasteiger charge is 2.54. The van der Waals surface area contributed by atoms with Crippen LogP contribution in [0.3, 0.4) is 0 Å². The van der Waals surface area contributed by atoms with E-state index in [0.717, 1.165) is 19.0 Å². The van der Waals surface area contributed by atoms with E-state index in [4.69, 9.17) is 9.52 Å². The standard InChI is InChI=1S/C23H29FN6O4S/c1-34-20-10-16(17(24)13-26-20)18-11-19(29-28-18)22(32)30-7-2-14(12-23(30)5-6-23)21(31)27-15-3-8-35(25,33)9-4-15/h10-11,13-15,25H,2-9,12H2,1H3,(H,27,31)(H,28,29)/t14-,15?,35?/m0/s1.